The minimum Gasteiger partial charge on any atom is -0.303 e. The molecule has 1 aliphatic carbocycles. The first-order valence-corrected chi connectivity index (χ1v) is 9.75. The van der Waals surface area contributed by atoms with E-state index in [2.05, 4.69) is 31.4 Å². The molecule has 1 atom stereocenters. The van der Waals surface area contributed by atoms with Crippen LogP contribution in [0.3, 0.4) is 0 Å². The first-order chi connectivity index (χ1) is 7.03. The predicted octanol–water partition coefficient (Wildman–Crippen LogP) is 3.82. The van der Waals surface area contributed by atoms with Gasteiger partial charge in [0.15, 0.2) is 0 Å². The van der Waals surface area contributed by atoms with E-state index in [0.717, 1.165) is 6.29 Å². The molecule has 0 heterocycles. The van der Waals surface area contributed by atoms with E-state index in [0.29, 0.717) is 5.92 Å². The van der Waals surface area contributed by atoms with Gasteiger partial charge in [-0.2, -0.15) is 0 Å². The van der Waals surface area contributed by atoms with Crippen molar-refractivity contribution in [3.63, 3.8) is 0 Å². The monoisotopic (exact) mass is 224 g/mol. The highest BCUT2D eigenvalue weighted by Crippen LogP contribution is 2.30. The lowest BCUT2D eigenvalue weighted by atomic mass is 9.81. The van der Waals surface area contributed by atoms with Gasteiger partial charge in [-0.25, -0.2) is 0 Å². The van der Waals surface area contributed by atoms with Crippen molar-refractivity contribution < 1.29 is 4.79 Å². The number of hydrogen-bond acceptors (Lipinski definition) is 1. The van der Waals surface area contributed by atoms with Crippen molar-refractivity contribution in [2.24, 2.45) is 11.8 Å². The Kier molecular flexibility index (Phi) is 4.77. The maximum absolute atomic E-state index is 11.1. The number of allylic oxidation sites excluding steroid dienone is 1. The number of hydrogen-bond donors (Lipinski definition) is 0. The van der Waals surface area contributed by atoms with Crippen LogP contribution < -0.4 is 0 Å². The van der Waals surface area contributed by atoms with Crippen molar-refractivity contribution in [1.82, 2.24) is 0 Å². The molecule has 0 N–H and O–H groups in total. The van der Waals surface area contributed by atoms with Crippen LogP contribution >= 0.6 is 0 Å². The summed E-state index contributed by atoms with van der Waals surface area (Å²) >= 11 is 0. The molecule has 1 rings (SSSR count). The summed E-state index contributed by atoms with van der Waals surface area (Å²) in [6.45, 7) is 6.94. The molecular weight excluding hydrogens is 200 g/mol. The van der Waals surface area contributed by atoms with Gasteiger partial charge in [0.2, 0.25) is 0 Å². The summed E-state index contributed by atoms with van der Waals surface area (Å²) in [7, 11) is -1.14. The molecule has 0 aromatic heterocycles. The zero-order valence-electron chi connectivity index (χ0n) is 10.3. The summed E-state index contributed by atoms with van der Waals surface area (Å²) in [6.07, 6.45) is 9.84. The highest BCUT2D eigenvalue weighted by molar-refractivity contribution is 6.80. The molecule has 86 valence electrons. The Labute approximate surface area is 95.0 Å². The van der Waals surface area contributed by atoms with Crippen LogP contribution in [0.2, 0.25) is 19.6 Å². The smallest absolute Gasteiger partial charge is 0.127 e. The Morgan fingerprint density at radius 3 is 2.20 bits per heavy atom. The first-order valence-electron chi connectivity index (χ1n) is 6.17. The van der Waals surface area contributed by atoms with E-state index in [1.165, 1.54) is 32.1 Å². The maximum atomic E-state index is 11.1. The van der Waals surface area contributed by atoms with Gasteiger partial charge >= 0.3 is 0 Å². The number of rotatable bonds is 4. The molecule has 0 spiro atoms. The largest absolute Gasteiger partial charge is 0.303 e. The van der Waals surface area contributed by atoms with Crippen molar-refractivity contribution in [3.8, 4) is 0 Å². The maximum Gasteiger partial charge on any atom is 0.127 e. The third kappa shape index (κ3) is 4.78. The predicted molar refractivity (Wildman–Crippen MR) is 68.6 cm³/mol. The van der Waals surface area contributed by atoms with E-state index in [9.17, 15) is 4.79 Å². The zero-order chi connectivity index (χ0) is 11.3. The van der Waals surface area contributed by atoms with E-state index in [4.69, 9.17) is 0 Å². The molecule has 0 aromatic carbocycles. The summed E-state index contributed by atoms with van der Waals surface area (Å²) < 4.78 is 0. The minimum absolute atomic E-state index is 0.192. The highest BCUT2D eigenvalue weighted by Gasteiger charge is 2.21. The van der Waals surface area contributed by atoms with Gasteiger partial charge in [0.25, 0.3) is 0 Å². The molecule has 15 heavy (non-hydrogen) atoms. The fraction of sp³-hybridized carbons (Fsp3) is 0.769. The third-order valence-electron chi connectivity index (χ3n) is 3.17. The van der Waals surface area contributed by atoms with Crippen LogP contribution in [-0.4, -0.2) is 14.4 Å². The third-order valence-corrected chi connectivity index (χ3v) is 4.36. The van der Waals surface area contributed by atoms with Gasteiger partial charge in [-0.3, -0.25) is 0 Å². The van der Waals surface area contributed by atoms with Gasteiger partial charge < -0.3 is 4.79 Å². The van der Waals surface area contributed by atoms with E-state index in [-0.39, 0.29) is 5.92 Å². The Morgan fingerprint density at radius 2 is 1.73 bits per heavy atom. The second-order valence-corrected chi connectivity index (χ2v) is 10.9. The topological polar surface area (TPSA) is 17.1 Å². The van der Waals surface area contributed by atoms with Crippen LogP contribution in [0.5, 0.6) is 0 Å². The van der Waals surface area contributed by atoms with Crippen LogP contribution in [0.15, 0.2) is 11.8 Å². The van der Waals surface area contributed by atoms with Gasteiger partial charge in [-0.05, 0) is 18.8 Å². The van der Waals surface area contributed by atoms with E-state index in [1.807, 2.05) is 0 Å². The fourth-order valence-electron chi connectivity index (χ4n) is 2.23. The van der Waals surface area contributed by atoms with Gasteiger partial charge in [0, 0.05) is 5.92 Å². The molecule has 0 amide bonds. The molecule has 2 heteroatoms. The molecular formula is C13H24OSi. The molecule has 0 aromatic rings. The van der Waals surface area contributed by atoms with Crippen LogP contribution in [0.4, 0.5) is 0 Å². The second-order valence-electron chi connectivity index (χ2n) is 5.84. The van der Waals surface area contributed by atoms with Crippen molar-refractivity contribution in [3.05, 3.63) is 11.8 Å². The average Bonchev–Trinajstić information content (AvgIpc) is 2.19. The summed E-state index contributed by atoms with van der Waals surface area (Å²) in [5, 5.41) is 0. The molecule has 1 aliphatic rings. The molecule has 0 saturated heterocycles. The van der Waals surface area contributed by atoms with Gasteiger partial charge in [0.05, 0.1) is 8.07 Å². The Bertz CT molecular complexity index is 221. The lowest BCUT2D eigenvalue weighted by Gasteiger charge is -2.25. The lowest BCUT2D eigenvalue weighted by Crippen LogP contribution is -2.20. The molecule has 1 nitrogen and oxygen atoms in total. The minimum atomic E-state index is -1.14. The van der Waals surface area contributed by atoms with Gasteiger partial charge in [0.1, 0.15) is 6.29 Å². The van der Waals surface area contributed by atoms with E-state index >= 15 is 0 Å². The molecule has 1 unspecified atom stereocenters. The summed E-state index contributed by atoms with van der Waals surface area (Å²) in [5.41, 5.74) is 2.32. The lowest BCUT2D eigenvalue weighted by molar-refractivity contribution is -0.111. The van der Waals surface area contributed by atoms with E-state index < -0.39 is 8.07 Å². The fourth-order valence-corrected chi connectivity index (χ4v) is 3.03. The normalized spacial score (nSPS) is 21.8. The van der Waals surface area contributed by atoms with Crippen molar-refractivity contribution in [2.75, 3.05) is 0 Å². The zero-order valence-corrected chi connectivity index (χ0v) is 11.3. The average molecular weight is 224 g/mol. The number of carbonyl (C=O) groups is 1. The second kappa shape index (κ2) is 5.64. The SMILES string of the molecule is C[Si](C)(C)/C=C/C(C=O)C1CCCCC1. The summed E-state index contributed by atoms with van der Waals surface area (Å²) in [6, 6.07) is 0. The van der Waals surface area contributed by atoms with Crippen LogP contribution in [-0.2, 0) is 4.79 Å². The van der Waals surface area contributed by atoms with Crippen molar-refractivity contribution in [1.29, 1.82) is 0 Å². The van der Waals surface area contributed by atoms with Crippen LogP contribution in [0.1, 0.15) is 32.1 Å². The molecule has 0 bridgehead atoms. The number of carbonyl (C=O) groups excluding carboxylic acids is 1. The summed E-state index contributed by atoms with van der Waals surface area (Å²) in [4.78, 5) is 11.1. The Balaban J connectivity index is 2.54. The van der Waals surface area contributed by atoms with E-state index in [1.54, 1.807) is 0 Å². The van der Waals surface area contributed by atoms with Crippen LogP contribution in [0.25, 0.3) is 0 Å². The van der Waals surface area contributed by atoms with Gasteiger partial charge in [-0.15, -0.1) is 0 Å². The highest BCUT2D eigenvalue weighted by atomic mass is 28.3. The standard InChI is InChI=1S/C13H24OSi/c1-15(2,3)10-9-13(11-14)12-7-5-4-6-8-12/h9-13H,4-8H2,1-3H3/b10-9+. The van der Waals surface area contributed by atoms with Crippen molar-refractivity contribution in [2.45, 2.75) is 51.7 Å². The molecule has 1 saturated carbocycles. The van der Waals surface area contributed by atoms with Gasteiger partial charge in [-0.1, -0.05) is 50.7 Å². The molecule has 0 aliphatic heterocycles. The summed E-state index contributed by atoms with van der Waals surface area (Å²) in [5.74, 6) is 0.820. The Morgan fingerprint density at radius 1 is 1.13 bits per heavy atom. The Hall–Kier alpha value is -0.373. The quantitative estimate of drug-likeness (QED) is 0.524. The first kappa shape index (κ1) is 12.7. The molecule has 1 fully saturated rings. The number of aldehydes is 1. The molecule has 0 radical (unpaired) electrons. The van der Waals surface area contributed by atoms with Crippen molar-refractivity contribution >= 4 is 14.4 Å². The van der Waals surface area contributed by atoms with Crippen LogP contribution in [0, 0.1) is 11.8 Å².